The minimum atomic E-state index is -0.551. The van der Waals surface area contributed by atoms with Gasteiger partial charge in [0.05, 0.1) is 46.9 Å². The fraction of sp³-hybridized carbons (Fsp3) is 0.286. The van der Waals surface area contributed by atoms with Crippen molar-refractivity contribution in [2.45, 2.75) is 58.3 Å². The minimum Gasteiger partial charge on any atom is -0.448 e. The number of amides is 3. The highest BCUT2D eigenvalue weighted by Crippen LogP contribution is 2.39. The van der Waals surface area contributed by atoms with E-state index in [1.165, 1.54) is 0 Å². The summed E-state index contributed by atoms with van der Waals surface area (Å²) in [6, 6.07) is 13.1. The molecule has 2 aliphatic rings. The molecule has 5 aromatic heterocycles. The number of pyridine rings is 3. The van der Waals surface area contributed by atoms with Gasteiger partial charge in [0.25, 0.3) is 11.5 Å². The van der Waals surface area contributed by atoms with Crippen LogP contribution in [0.1, 0.15) is 83.7 Å². The fourth-order valence-corrected chi connectivity index (χ4v) is 7.30. The number of carbonyl (C=O) groups excluding carboxylic acids is 3. The molecule has 8 rings (SSSR count). The molecular weight excluding hydrogens is 697 g/mol. The molecule has 13 nitrogen and oxygen atoms in total. The number of aryl methyl sites for hydroxylation is 3. The third-order valence-electron chi connectivity index (χ3n) is 10.3. The number of piperidine rings is 1. The summed E-state index contributed by atoms with van der Waals surface area (Å²) < 4.78 is 7.58. The maximum absolute atomic E-state index is 12.9. The molecule has 55 heavy (non-hydrogen) atoms. The van der Waals surface area contributed by atoms with Crippen LogP contribution in [0.3, 0.4) is 0 Å². The van der Waals surface area contributed by atoms with Crippen LogP contribution in [0.4, 0.5) is 11.4 Å². The normalized spacial score (nSPS) is 15.5. The molecule has 1 atom stereocenters. The fourth-order valence-electron chi connectivity index (χ4n) is 7.30. The van der Waals surface area contributed by atoms with Crippen LogP contribution in [-0.4, -0.2) is 55.3 Å². The summed E-state index contributed by atoms with van der Waals surface area (Å²) in [6.07, 6.45) is 7.33. The number of nitrogens with one attached hydrogen (secondary N) is 2. The predicted octanol–water partition coefficient (Wildman–Crippen LogP) is 5.35. The number of furan rings is 1. The smallest absolute Gasteiger partial charge is 0.270 e. The number of nitrogens with zero attached hydrogens (tertiary/aromatic N) is 6. The molecular formula is C42H38N8O5. The van der Waals surface area contributed by atoms with Crippen molar-refractivity contribution in [3.05, 3.63) is 105 Å². The Morgan fingerprint density at radius 3 is 2.65 bits per heavy atom. The standard InChI is InChI=1S/C42H38N8O5/c1-23(2)26-18-33-29(17-24(3)42(54)49(33)4)34(19-26)50-16-6-8-31-35(50)22-46-39(47-31)25-9-11-32(45-21-25)41(53)44-14-5-7-27-20-30-36(55-27)13-15-43-38(30)28-10-12-37(51)48-40(28)52/h9,11,13,15,17-23,28H,6,8,10,12,14,16H2,1-4H3,(H,44,53)(H,48,51,52). The van der Waals surface area contributed by atoms with Gasteiger partial charge in [0.15, 0.2) is 11.6 Å². The molecule has 1 fully saturated rings. The van der Waals surface area contributed by atoms with Gasteiger partial charge >= 0.3 is 0 Å². The molecule has 276 valence electrons. The van der Waals surface area contributed by atoms with E-state index in [1.807, 2.05) is 26.2 Å². The zero-order valence-electron chi connectivity index (χ0n) is 30.9. The summed E-state index contributed by atoms with van der Waals surface area (Å²) in [5, 5.41) is 6.80. The Kier molecular flexibility index (Phi) is 9.18. The quantitative estimate of drug-likeness (QED) is 0.168. The Balaban J connectivity index is 0.963. The first kappa shape index (κ1) is 35.4. The average molecular weight is 735 g/mol. The van der Waals surface area contributed by atoms with Crippen molar-refractivity contribution < 1.29 is 18.8 Å². The van der Waals surface area contributed by atoms with Gasteiger partial charge in [-0.05, 0) is 80.0 Å². The first-order valence-electron chi connectivity index (χ1n) is 18.3. The van der Waals surface area contributed by atoms with E-state index in [4.69, 9.17) is 14.4 Å². The lowest BCUT2D eigenvalue weighted by Gasteiger charge is -2.32. The Labute approximate surface area is 316 Å². The number of carbonyl (C=O) groups is 3. The van der Waals surface area contributed by atoms with E-state index in [1.54, 1.807) is 41.2 Å². The Morgan fingerprint density at radius 2 is 1.87 bits per heavy atom. The first-order valence-corrected chi connectivity index (χ1v) is 18.3. The number of imide groups is 1. The number of anilines is 2. The number of benzene rings is 1. The van der Waals surface area contributed by atoms with Gasteiger partial charge in [0.2, 0.25) is 11.8 Å². The second kappa shape index (κ2) is 14.3. The lowest BCUT2D eigenvalue weighted by atomic mass is 9.92. The van der Waals surface area contributed by atoms with E-state index in [9.17, 15) is 19.2 Å². The van der Waals surface area contributed by atoms with Crippen molar-refractivity contribution in [2.75, 3.05) is 18.0 Å². The summed E-state index contributed by atoms with van der Waals surface area (Å²) in [6.45, 7) is 7.00. The highest BCUT2D eigenvalue weighted by atomic mass is 16.3. The van der Waals surface area contributed by atoms with E-state index in [2.05, 4.69) is 63.3 Å². The summed E-state index contributed by atoms with van der Waals surface area (Å²) in [5.41, 5.74) is 7.61. The second-order valence-corrected chi connectivity index (χ2v) is 14.2. The molecule has 1 unspecified atom stereocenters. The maximum atomic E-state index is 12.9. The lowest BCUT2D eigenvalue weighted by Crippen LogP contribution is -2.39. The van der Waals surface area contributed by atoms with Crippen LogP contribution >= 0.6 is 0 Å². The van der Waals surface area contributed by atoms with E-state index >= 15 is 0 Å². The van der Waals surface area contributed by atoms with Gasteiger partial charge in [-0.2, -0.15) is 0 Å². The molecule has 3 amide bonds. The number of hydrogen-bond acceptors (Lipinski definition) is 10. The van der Waals surface area contributed by atoms with Crippen molar-refractivity contribution >= 4 is 51.0 Å². The average Bonchev–Trinajstić information content (AvgIpc) is 3.61. The van der Waals surface area contributed by atoms with Crippen LogP contribution in [0.2, 0.25) is 0 Å². The van der Waals surface area contributed by atoms with E-state index in [0.29, 0.717) is 45.8 Å². The third kappa shape index (κ3) is 6.71. The van der Waals surface area contributed by atoms with Crippen LogP contribution in [0.5, 0.6) is 0 Å². The van der Waals surface area contributed by atoms with Crippen molar-refractivity contribution in [3.8, 4) is 23.2 Å². The molecule has 0 bridgehead atoms. The number of hydrogen-bond donors (Lipinski definition) is 2. The third-order valence-corrected chi connectivity index (χ3v) is 10.3. The van der Waals surface area contributed by atoms with Gasteiger partial charge in [-0.1, -0.05) is 19.8 Å². The molecule has 0 aliphatic carbocycles. The molecule has 0 radical (unpaired) electrons. The molecule has 2 aliphatic heterocycles. The lowest BCUT2D eigenvalue weighted by molar-refractivity contribution is -0.134. The molecule has 1 saturated heterocycles. The van der Waals surface area contributed by atoms with Crippen LogP contribution < -0.4 is 21.1 Å². The van der Waals surface area contributed by atoms with Crippen molar-refractivity contribution in [1.82, 2.24) is 35.1 Å². The molecule has 13 heteroatoms. The molecule has 0 saturated carbocycles. The molecule has 2 N–H and O–H groups in total. The molecule has 6 aromatic rings. The largest absolute Gasteiger partial charge is 0.448 e. The van der Waals surface area contributed by atoms with Gasteiger partial charge in [-0.3, -0.25) is 34.5 Å². The van der Waals surface area contributed by atoms with Crippen molar-refractivity contribution in [3.63, 3.8) is 0 Å². The molecule has 0 spiro atoms. The van der Waals surface area contributed by atoms with Gasteiger partial charge in [0.1, 0.15) is 11.3 Å². The summed E-state index contributed by atoms with van der Waals surface area (Å²) in [5.74, 6) is 5.36. The SMILES string of the molecule is Cc1cc2c(N3CCCc4nc(-c5ccc(C(=O)NCC#Cc6cc7c(C8CCC(=O)NC8=O)nccc7o6)nc5)ncc43)cc(C(C)C)cc2n(C)c1=O. The minimum absolute atomic E-state index is 0.00103. The zero-order chi connectivity index (χ0) is 38.4. The molecule has 1 aromatic carbocycles. The zero-order valence-corrected chi connectivity index (χ0v) is 30.9. The van der Waals surface area contributed by atoms with E-state index < -0.39 is 5.92 Å². The van der Waals surface area contributed by atoms with E-state index in [-0.39, 0.29) is 47.9 Å². The second-order valence-electron chi connectivity index (χ2n) is 14.2. The summed E-state index contributed by atoms with van der Waals surface area (Å²) >= 11 is 0. The highest BCUT2D eigenvalue weighted by molar-refractivity contribution is 6.02. The number of rotatable bonds is 6. The monoisotopic (exact) mass is 734 g/mol. The Morgan fingerprint density at radius 1 is 1.02 bits per heavy atom. The van der Waals surface area contributed by atoms with Crippen LogP contribution in [-0.2, 0) is 23.1 Å². The Hall–Kier alpha value is -6.68. The van der Waals surface area contributed by atoms with Gasteiger partial charge in [-0.25, -0.2) is 9.97 Å². The van der Waals surface area contributed by atoms with Crippen molar-refractivity contribution in [1.29, 1.82) is 0 Å². The maximum Gasteiger partial charge on any atom is 0.270 e. The predicted molar refractivity (Wildman–Crippen MR) is 207 cm³/mol. The Bertz CT molecular complexity index is 2670. The van der Waals surface area contributed by atoms with E-state index in [0.717, 1.165) is 52.9 Å². The van der Waals surface area contributed by atoms with Gasteiger partial charge in [0, 0.05) is 60.4 Å². The highest BCUT2D eigenvalue weighted by Gasteiger charge is 2.31. The topological polar surface area (TPSA) is 165 Å². The van der Waals surface area contributed by atoms with Gasteiger partial charge in [-0.15, -0.1) is 0 Å². The number of fused-ring (bicyclic) bond motifs is 3. The van der Waals surface area contributed by atoms with Crippen molar-refractivity contribution in [2.24, 2.45) is 7.05 Å². The first-order chi connectivity index (χ1) is 26.5. The van der Waals surface area contributed by atoms with Crippen LogP contribution in [0, 0.1) is 18.8 Å². The number of aromatic nitrogens is 5. The van der Waals surface area contributed by atoms with Crippen LogP contribution in [0.25, 0.3) is 33.3 Å². The van der Waals surface area contributed by atoms with Crippen LogP contribution in [0.15, 0.2) is 70.3 Å². The van der Waals surface area contributed by atoms with Gasteiger partial charge < -0.3 is 19.2 Å². The summed E-state index contributed by atoms with van der Waals surface area (Å²) in [4.78, 5) is 70.5. The summed E-state index contributed by atoms with van der Waals surface area (Å²) in [7, 11) is 1.83. The molecule has 7 heterocycles.